The van der Waals surface area contributed by atoms with Gasteiger partial charge < -0.3 is 5.21 Å². The standard InChI is InChI=1S/C14H13ClN3O2/c1-11(12-5-9-16-10-6-12)17-18(20)13(19)14(15)7-3-2-4-8-14/h2-7,9-10H,8H2,1H3/q-1. The molecule has 104 valence electrons. The maximum Gasteiger partial charge on any atom is 0.257 e. The SMILES string of the molecule is CC(=NN([O-])C(=O)C1(Cl)C=CC=CC1)c1ccncc1. The summed E-state index contributed by atoms with van der Waals surface area (Å²) >= 11 is 6.14. The molecule has 1 aliphatic carbocycles. The molecule has 20 heavy (non-hydrogen) atoms. The molecule has 0 aromatic carbocycles. The molecular weight excluding hydrogens is 278 g/mol. The predicted molar refractivity (Wildman–Crippen MR) is 78.1 cm³/mol. The van der Waals surface area contributed by atoms with E-state index in [1.807, 2.05) is 0 Å². The lowest BCUT2D eigenvalue weighted by molar-refractivity contribution is -0.130. The van der Waals surface area contributed by atoms with Crippen LogP contribution in [-0.4, -0.2) is 26.6 Å². The molecule has 1 unspecified atom stereocenters. The van der Waals surface area contributed by atoms with Gasteiger partial charge in [0.05, 0.1) is 5.71 Å². The summed E-state index contributed by atoms with van der Waals surface area (Å²) in [6.45, 7) is 1.64. The molecule has 0 saturated carbocycles. The van der Waals surface area contributed by atoms with Crippen LogP contribution in [0.1, 0.15) is 18.9 Å². The Bertz CT molecular complexity index is 583. The largest absolute Gasteiger partial charge is 0.735 e. The molecular formula is C14H13ClN3O2-. The van der Waals surface area contributed by atoms with E-state index in [2.05, 4.69) is 10.1 Å². The van der Waals surface area contributed by atoms with Crippen molar-refractivity contribution < 1.29 is 4.79 Å². The molecule has 1 atom stereocenters. The van der Waals surface area contributed by atoms with Crippen LogP contribution in [0.25, 0.3) is 0 Å². The lowest BCUT2D eigenvalue weighted by atomic mass is 9.99. The van der Waals surface area contributed by atoms with Gasteiger partial charge in [0.1, 0.15) is 4.87 Å². The van der Waals surface area contributed by atoms with Crippen molar-refractivity contribution in [3.05, 3.63) is 59.6 Å². The molecule has 1 aliphatic rings. The van der Waals surface area contributed by atoms with Gasteiger partial charge in [-0.3, -0.25) is 15.0 Å². The number of rotatable bonds is 3. The maximum atomic E-state index is 12.1. The van der Waals surface area contributed by atoms with Crippen LogP contribution in [0.4, 0.5) is 0 Å². The second-order valence-corrected chi connectivity index (χ2v) is 5.03. The second-order valence-electron chi connectivity index (χ2n) is 4.35. The Morgan fingerprint density at radius 1 is 1.45 bits per heavy atom. The van der Waals surface area contributed by atoms with Gasteiger partial charge in [0.25, 0.3) is 5.91 Å². The fourth-order valence-corrected chi connectivity index (χ4v) is 1.98. The van der Waals surface area contributed by atoms with Gasteiger partial charge in [0, 0.05) is 18.0 Å². The van der Waals surface area contributed by atoms with Gasteiger partial charge in [-0.2, -0.15) is 5.10 Å². The number of hydrogen-bond donors (Lipinski definition) is 0. The smallest absolute Gasteiger partial charge is 0.257 e. The summed E-state index contributed by atoms with van der Waals surface area (Å²) in [5.74, 6) is -0.798. The van der Waals surface area contributed by atoms with Gasteiger partial charge >= 0.3 is 0 Å². The van der Waals surface area contributed by atoms with Crippen molar-refractivity contribution in [1.82, 2.24) is 10.2 Å². The molecule has 0 saturated heterocycles. The lowest BCUT2D eigenvalue weighted by Crippen LogP contribution is -2.39. The zero-order valence-electron chi connectivity index (χ0n) is 10.9. The average Bonchev–Trinajstić information content (AvgIpc) is 2.48. The van der Waals surface area contributed by atoms with Crippen LogP contribution in [0, 0.1) is 5.21 Å². The fraction of sp³-hybridized carbons (Fsp3) is 0.214. The Balaban J connectivity index is 2.15. The molecule has 0 aliphatic heterocycles. The fourth-order valence-electron chi connectivity index (χ4n) is 1.74. The highest BCUT2D eigenvalue weighted by molar-refractivity contribution is 6.36. The van der Waals surface area contributed by atoms with Crippen LogP contribution in [-0.2, 0) is 4.79 Å². The van der Waals surface area contributed by atoms with E-state index in [0.717, 1.165) is 5.56 Å². The van der Waals surface area contributed by atoms with Gasteiger partial charge in [-0.15, -0.1) is 11.6 Å². The number of hydroxylamine groups is 1. The molecule has 0 N–H and O–H groups in total. The van der Waals surface area contributed by atoms with Crippen LogP contribution in [0.3, 0.4) is 0 Å². The van der Waals surface area contributed by atoms with E-state index in [1.54, 1.807) is 49.7 Å². The highest BCUT2D eigenvalue weighted by atomic mass is 35.5. The van der Waals surface area contributed by atoms with Crippen LogP contribution in [0.2, 0.25) is 0 Å². The van der Waals surface area contributed by atoms with Crippen molar-refractivity contribution >= 4 is 23.2 Å². The normalized spacial score (nSPS) is 21.9. The summed E-state index contributed by atoms with van der Waals surface area (Å²) in [5, 5.41) is 15.6. The number of alkyl halides is 1. The Morgan fingerprint density at radius 3 is 2.75 bits per heavy atom. The van der Waals surface area contributed by atoms with Crippen molar-refractivity contribution in [2.45, 2.75) is 18.2 Å². The Kier molecular flexibility index (Phi) is 4.32. The third-order valence-electron chi connectivity index (χ3n) is 2.89. The minimum atomic E-state index is -1.35. The molecule has 2 rings (SSSR count). The van der Waals surface area contributed by atoms with Crippen LogP contribution in [0.15, 0.2) is 53.9 Å². The topological polar surface area (TPSA) is 68.6 Å². The molecule has 0 bridgehead atoms. The quantitative estimate of drug-likeness (QED) is 0.488. The summed E-state index contributed by atoms with van der Waals surface area (Å²) in [4.78, 5) is 14.6. The third kappa shape index (κ3) is 3.12. The number of allylic oxidation sites excluding steroid dienone is 3. The van der Waals surface area contributed by atoms with Crippen molar-refractivity contribution in [2.75, 3.05) is 0 Å². The Morgan fingerprint density at radius 2 is 2.15 bits per heavy atom. The van der Waals surface area contributed by atoms with E-state index in [9.17, 15) is 10.0 Å². The molecule has 0 radical (unpaired) electrons. The van der Waals surface area contributed by atoms with Gasteiger partial charge in [-0.05, 0) is 25.5 Å². The number of aromatic nitrogens is 1. The summed E-state index contributed by atoms with van der Waals surface area (Å²) in [6.07, 6.45) is 10.1. The van der Waals surface area contributed by atoms with E-state index in [4.69, 9.17) is 11.6 Å². The zero-order chi connectivity index (χ0) is 14.6. The first-order valence-electron chi connectivity index (χ1n) is 6.03. The van der Waals surface area contributed by atoms with E-state index in [0.29, 0.717) is 5.71 Å². The van der Waals surface area contributed by atoms with E-state index < -0.39 is 10.8 Å². The Hall–Kier alpha value is -1.98. The number of carbonyl (C=O) groups is 1. The average molecular weight is 291 g/mol. The summed E-state index contributed by atoms with van der Waals surface area (Å²) in [5.41, 5.74) is 1.14. The molecule has 6 heteroatoms. The molecule has 0 spiro atoms. The predicted octanol–water partition coefficient (Wildman–Crippen LogP) is 2.63. The molecule has 1 amide bonds. The molecule has 1 aromatic rings. The van der Waals surface area contributed by atoms with Crippen molar-refractivity contribution in [1.29, 1.82) is 0 Å². The van der Waals surface area contributed by atoms with E-state index >= 15 is 0 Å². The summed E-state index contributed by atoms with van der Waals surface area (Å²) in [6, 6.07) is 3.41. The number of amides is 1. The van der Waals surface area contributed by atoms with Crippen molar-refractivity contribution in [3.8, 4) is 0 Å². The number of hydrazone groups is 1. The Labute approximate surface area is 121 Å². The summed E-state index contributed by atoms with van der Waals surface area (Å²) in [7, 11) is 0. The third-order valence-corrected chi connectivity index (χ3v) is 3.33. The van der Waals surface area contributed by atoms with Gasteiger partial charge in [-0.25, -0.2) is 0 Å². The zero-order valence-corrected chi connectivity index (χ0v) is 11.6. The van der Waals surface area contributed by atoms with Crippen LogP contribution in [0.5, 0.6) is 0 Å². The maximum absolute atomic E-state index is 12.1. The van der Waals surface area contributed by atoms with Crippen molar-refractivity contribution in [3.63, 3.8) is 0 Å². The highest BCUT2D eigenvalue weighted by Gasteiger charge is 2.34. The lowest BCUT2D eigenvalue weighted by Gasteiger charge is -2.31. The van der Waals surface area contributed by atoms with E-state index in [-0.39, 0.29) is 11.6 Å². The van der Waals surface area contributed by atoms with Crippen LogP contribution < -0.4 is 0 Å². The van der Waals surface area contributed by atoms with Crippen molar-refractivity contribution in [2.24, 2.45) is 5.10 Å². The minimum Gasteiger partial charge on any atom is -0.735 e. The van der Waals surface area contributed by atoms with Crippen LogP contribution >= 0.6 is 11.6 Å². The molecule has 1 heterocycles. The number of hydrogen-bond acceptors (Lipinski definition) is 4. The molecule has 0 fully saturated rings. The number of halogens is 1. The number of carbonyl (C=O) groups excluding carboxylic acids is 1. The molecule has 1 aromatic heterocycles. The monoisotopic (exact) mass is 290 g/mol. The van der Waals surface area contributed by atoms with Gasteiger partial charge in [0.2, 0.25) is 0 Å². The number of nitrogens with zero attached hydrogens (tertiary/aromatic N) is 3. The highest BCUT2D eigenvalue weighted by Crippen LogP contribution is 2.28. The van der Waals surface area contributed by atoms with E-state index in [1.165, 1.54) is 6.08 Å². The second kappa shape index (κ2) is 5.98. The first-order valence-corrected chi connectivity index (χ1v) is 6.41. The van der Waals surface area contributed by atoms with Gasteiger partial charge in [-0.1, -0.05) is 24.3 Å². The van der Waals surface area contributed by atoms with Gasteiger partial charge in [0.15, 0.2) is 0 Å². The number of pyridine rings is 1. The molecule has 5 nitrogen and oxygen atoms in total. The minimum absolute atomic E-state index is 0.0479. The summed E-state index contributed by atoms with van der Waals surface area (Å²) < 4.78 is 0. The first kappa shape index (κ1) is 14.4. The first-order chi connectivity index (χ1) is 9.53.